The minimum atomic E-state index is -4.77. The molecule has 1 fully saturated rings. The topological polar surface area (TPSA) is 79.6 Å². The van der Waals surface area contributed by atoms with Gasteiger partial charge in [-0.2, -0.15) is 13.2 Å². The molecule has 0 aliphatic carbocycles. The first-order chi connectivity index (χ1) is 22.0. The van der Waals surface area contributed by atoms with E-state index < -0.39 is 65.5 Å². The van der Waals surface area contributed by atoms with Crippen molar-refractivity contribution in [3.8, 4) is 11.1 Å². The summed E-state index contributed by atoms with van der Waals surface area (Å²) < 4.78 is 73.3. The molecule has 2 aromatic carbocycles. The van der Waals surface area contributed by atoms with E-state index in [9.17, 15) is 37.1 Å². The second-order valence-electron chi connectivity index (χ2n) is 13.1. The van der Waals surface area contributed by atoms with Crippen molar-refractivity contribution in [1.82, 2.24) is 9.47 Å². The van der Waals surface area contributed by atoms with Crippen LogP contribution < -0.4 is 5.56 Å². The van der Waals surface area contributed by atoms with Gasteiger partial charge < -0.3 is 14.6 Å². The summed E-state index contributed by atoms with van der Waals surface area (Å²) in [6.45, 7) is 10.4. The first-order valence-electron chi connectivity index (χ1n) is 15.8. The molecule has 0 saturated carbocycles. The largest absolute Gasteiger partial charge is 0.481 e. The lowest BCUT2D eigenvalue weighted by atomic mass is 9.83. The average Bonchev–Trinajstić information content (AvgIpc) is 2.94. The Hall–Kier alpha value is -3.86. The zero-order chi connectivity index (χ0) is 34.8. The van der Waals surface area contributed by atoms with Crippen LogP contribution in [-0.2, 0) is 22.2 Å². The van der Waals surface area contributed by atoms with Gasteiger partial charge in [-0.1, -0.05) is 19.9 Å². The minimum Gasteiger partial charge on any atom is -0.481 e. The predicted molar refractivity (Wildman–Crippen MR) is 170 cm³/mol. The molecule has 0 radical (unpaired) electrons. The normalized spacial score (nSPS) is 15.0. The zero-order valence-corrected chi connectivity index (χ0v) is 27.3. The number of alkyl halides is 3. The minimum absolute atomic E-state index is 0.0234. The lowest BCUT2D eigenvalue weighted by Gasteiger charge is -2.31. The SMILES string of the molecule is Cc1cc(-c2c(C)ccc(F)c2C)cc([C@H](CC(=O)O)CC(=O)C(CC(C)C)n2cc(CCN3CCC3)c(C(F)(F)F)cc2=O)c1F. The van der Waals surface area contributed by atoms with Crippen LogP contribution in [0.15, 0.2) is 41.3 Å². The van der Waals surface area contributed by atoms with Crippen molar-refractivity contribution in [2.45, 2.75) is 84.9 Å². The molecule has 0 bridgehead atoms. The fourth-order valence-corrected chi connectivity index (χ4v) is 6.41. The number of likely N-dealkylation sites (tertiary alicyclic amines) is 1. The highest BCUT2D eigenvalue weighted by atomic mass is 19.4. The quantitative estimate of drug-likeness (QED) is 0.190. The summed E-state index contributed by atoms with van der Waals surface area (Å²) in [4.78, 5) is 41.3. The fourth-order valence-electron chi connectivity index (χ4n) is 6.41. The van der Waals surface area contributed by atoms with Crippen molar-refractivity contribution in [3.05, 3.63) is 91.9 Å². The maximum Gasteiger partial charge on any atom is 0.416 e. The summed E-state index contributed by atoms with van der Waals surface area (Å²) in [5.41, 5.74) is 0.00540. The molecule has 0 spiro atoms. The number of carboxylic acid groups (broad SMARTS) is 1. The molecule has 1 N–H and O–H groups in total. The van der Waals surface area contributed by atoms with Gasteiger partial charge in [0.05, 0.1) is 18.0 Å². The van der Waals surface area contributed by atoms with Gasteiger partial charge in [-0.25, -0.2) is 8.78 Å². The van der Waals surface area contributed by atoms with Crippen molar-refractivity contribution in [1.29, 1.82) is 0 Å². The van der Waals surface area contributed by atoms with Gasteiger partial charge in [0, 0.05) is 31.1 Å². The molecule has 6 nitrogen and oxygen atoms in total. The third kappa shape index (κ3) is 8.36. The number of hydrogen-bond donors (Lipinski definition) is 1. The molecule has 1 aromatic heterocycles. The number of carboxylic acids is 1. The standard InChI is InChI=1S/C36H41F5N2O4/c1-20(2)13-30(43-19-24(9-12-42-10-6-11-42)28(18-32(43)45)36(39,40)41)31(44)16-25(17-33(46)47)27-15-26(14-22(4)35(27)38)34-21(3)7-8-29(37)23(34)5/h7-8,14-15,18-20,25,30H,6,9-13,16-17H2,1-5H3,(H,46,47)/t25-,30?/m0/s1. The molecule has 1 aliphatic heterocycles. The molecule has 4 rings (SSSR count). The Morgan fingerprint density at radius 2 is 1.66 bits per heavy atom. The number of aryl methyl sites for hydroxylation is 2. The molecular formula is C36H41F5N2O4. The van der Waals surface area contributed by atoms with Gasteiger partial charge in [-0.3, -0.25) is 14.4 Å². The second-order valence-corrected chi connectivity index (χ2v) is 13.1. The van der Waals surface area contributed by atoms with Crippen molar-refractivity contribution in [2.75, 3.05) is 19.6 Å². The number of Topliss-reactive ketones (excluding diaryl/α,β-unsaturated/α-hetero) is 1. The molecule has 1 aliphatic rings. The monoisotopic (exact) mass is 660 g/mol. The molecule has 1 saturated heterocycles. The Morgan fingerprint density at radius 3 is 2.23 bits per heavy atom. The van der Waals surface area contributed by atoms with Crippen LogP contribution in [0.1, 0.15) is 84.9 Å². The van der Waals surface area contributed by atoms with Gasteiger partial charge in [0.15, 0.2) is 5.78 Å². The Bertz CT molecular complexity index is 1710. The van der Waals surface area contributed by atoms with Crippen LogP contribution in [0.4, 0.5) is 22.0 Å². The lowest BCUT2D eigenvalue weighted by molar-refractivity contribution is -0.139. The summed E-state index contributed by atoms with van der Waals surface area (Å²) in [5, 5.41) is 9.80. The van der Waals surface area contributed by atoms with Crippen LogP contribution >= 0.6 is 0 Å². The van der Waals surface area contributed by atoms with E-state index in [1.165, 1.54) is 25.1 Å². The highest BCUT2D eigenvalue weighted by Crippen LogP contribution is 2.37. The van der Waals surface area contributed by atoms with Gasteiger partial charge >= 0.3 is 12.1 Å². The van der Waals surface area contributed by atoms with Gasteiger partial charge in [-0.05, 0) is 116 Å². The van der Waals surface area contributed by atoms with Gasteiger partial charge in [0.2, 0.25) is 0 Å². The van der Waals surface area contributed by atoms with Crippen LogP contribution in [-0.4, -0.2) is 46.0 Å². The number of hydrogen-bond acceptors (Lipinski definition) is 4. The smallest absolute Gasteiger partial charge is 0.416 e. The van der Waals surface area contributed by atoms with E-state index in [4.69, 9.17) is 0 Å². The number of carbonyl (C=O) groups is 2. The van der Waals surface area contributed by atoms with E-state index in [0.717, 1.165) is 35.8 Å². The second kappa shape index (κ2) is 14.5. The number of aromatic nitrogens is 1. The first kappa shape index (κ1) is 36.0. The zero-order valence-electron chi connectivity index (χ0n) is 27.3. The molecule has 2 atom stereocenters. The van der Waals surface area contributed by atoms with Crippen LogP contribution in [0.5, 0.6) is 0 Å². The Balaban J connectivity index is 1.78. The van der Waals surface area contributed by atoms with E-state index in [1.807, 2.05) is 4.90 Å². The summed E-state index contributed by atoms with van der Waals surface area (Å²) in [6, 6.07) is 5.21. The molecule has 3 aromatic rings. The number of ketones is 1. The van der Waals surface area contributed by atoms with Crippen molar-refractivity contribution in [2.24, 2.45) is 5.92 Å². The number of nitrogens with zero attached hydrogens (tertiary/aromatic N) is 2. The molecular weight excluding hydrogens is 619 g/mol. The van der Waals surface area contributed by atoms with E-state index in [2.05, 4.69) is 0 Å². The maximum atomic E-state index is 15.8. The maximum absolute atomic E-state index is 15.8. The van der Waals surface area contributed by atoms with E-state index in [0.29, 0.717) is 29.3 Å². The number of pyridine rings is 1. The number of benzene rings is 2. The number of rotatable bonds is 13. The Morgan fingerprint density at radius 1 is 0.979 bits per heavy atom. The Labute approximate surface area is 271 Å². The van der Waals surface area contributed by atoms with Gasteiger partial charge in [0.25, 0.3) is 5.56 Å². The highest BCUT2D eigenvalue weighted by molar-refractivity contribution is 5.84. The molecule has 254 valence electrons. The number of halogens is 5. The summed E-state index contributed by atoms with van der Waals surface area (Å²) in [5.74, 6) is -4.39. The average molecular weight is 661 g/mol. The summed E-state index contributed by atoms with van der Waals surface area (Å²) >= 11 is 0. The van der Waals surface area contributed by atoms with Gasteiger partial charge in [-0.15, -0.1) is 0 Å². The molecule has 2 heterocycles. The summed E-state index contributed by atoms with van der Waals surface area (Å²) in [7, 11) is 0. The van der Waals surface area contributed by atoms with Crippen LogP contribution in [0.3, 0.4) is 0 Å². The molecule has 11 heteroatoms. The van der Waals surface area contributed by atoms with E-state index in [1.54, 1.807) is 33.8 Å². The van der Waals surface area contributed by atoms with Crippen LogP contribution in [0, 0.1) is 38.3 Å². The number of aliphatic carboxylic acids is 1. The highest BCUT2D eigenvalue weighted by Gasteiger charge is 2.36. The molecule has 1 unspecified atom stereocenters. The third-order valence-corrected chi connectivity index (χ3v) is 9.00. The first-order valence-corrected chi connectivity index (χ1v) is 15.8. The third-order valence-electron chi connectivity index (χ3n) is 9.00. The van der Waals surface area contributed by atoms with Crippen molar-refractivity contribution < 1.29 is 36.6 Å². The fraction of sp³-hybridized carbons (Fsp3) is 0.472. The molecule has 47 heavy (non-hydrogen) atoms. The van der Waals surface area contributed by atoms with E-state index in [-0.39, 0.29) is 35.4 Å². The predicted octanol–water partition coefficient (Wildman–Crippen LogP) is 7.79. The van der Waals surface area contributed by atoms with Crippen LogP contribution in [0.2, 0.25) is 0 Å². The van der Waals surface area contributed by atoms with Crippen molar-refractivity contribution in [3.63, 3.8) is 0 Å². The van der Waals surface area contributed by atoms with Gasteiger partial charge in [0.1, 0.15) is 11.6 Å². The molecule has 0 amide bonds. The number of carbonyl (C=O) groups excluding carboxylic acids is 1. The lowest BCUT2D eigenvalue weighted by Crippen LogP contribution is -2.39. The summed E-state index contributed by atoms with van der Waals surface area (Å²) in [6.07, 6.45) is -3.69. The van der Waals surface area contributed by atoms with Crippen LogP contribution in [0.25, 0.3) is 11.1 Å². The van der Waals surface area contributed by atoms with E-state index >= 15 is 4.39 Å². The van der Waals surface area contributed by atoms with Crippen molar-refractivity contribution >= 4 is 11.8 Å². The Kier molecular flexibility index (Phi) is 11.1.